The Morgan fingerprint density at radius 2 is 2.09 bits per heavy atom. The van der Waals surface area contributed by atoms with Gasteiger partial charge in [-0.15, -0.1) is 0 Å². The zero-order valence-electron chi connectivity index (χ0n) is 12.7. The maximum Gasteiger partial charge on any atom is 0.276 e. The first-order valence-corrected chi connectivity index (χ1v) is 7.65. The predicted molar refractivity (Wildman–Crippen MR) is 77.0 cm³/mol. The second kappa shape index (κ2) is 5.72. The number of rotatable bonds is 2. The fraction of sp³-hybridized carbons (Fsp3) is 0.667. The van der Waals surface area contributed by atoms with Crippen LogP contribution in [0.4, 0.5) is 0 Å². The molecule has 7 nitrogen and oxygen atoms in total. The third-order valence-electron chi connectivity index (χ3n) is 4.83. The maximum atomic E-state index is 12.7. The molecule has 0 radical (unpaired) electrons. The van der Waals surface area contributed by atoms with Crippen molar-refractivity contribution in [2.24, 2.45) is 11.1 Å². The Bertz CT molecular complexity index is 572. The predicted octanol–water partition coefficient (Wildman–Crippen LogP) is 0.870. The molecule has 1 atom stereocenters. The highest BCUT2D eigenvalue weighted by atomic mass is 16.5. The van der Waals surface area contributed by atoms with Gasteiger partial charge in [-0.1, -0.05) is 5.16 Å². The number of hydrogen-bond donors (Lipinski definition) is 1. The van der Waals surface area contributed by atoms with Crippen LogP contribution in [0.15, 0.2) is 10.6 Å². The lowest BCUT2D eigenvalue weighted by Gasteiger charge is -2.50. The molecule has 1 aromatic rings. The molecule has 1 aromatic heterocycles. The van der Waals surface area contributed by atoms with Gasteiger partial charge in [0.25, 0.3) is 5.91 Å². The molecule has 2 aliphatic rings. The first-order chi connectivity index (χ1) is 10.5. The molecule has 0 aliphatic carbocycles. The van der Waals surface area contributed by atoms with Crippen molar-refractivity contribution in [3.8, 4) is 0 Å². The summed E-state index contributed by atoms with van der Waals surface area (Å²) in [7, 11) is 0. The van der Waals surface area contributed by atoms with Gasteiger partial charge in [-0.25, -0.2) is 0 Å². The van der Waals surface area contributed by atoms with Crippen LogP contribution in [0, 0.1) is 12.3 Å². The first kappa shape index (κ1) is 15.0. The molecule has 120 valence electrons. The Balaban J connectivity index is 1.91. The molecule has 3 rings (SSSR count). The largest absolute Gasteiger partial charge is 0.381 e. The van der Waals surface area contributed by atoms with Crippen LogP contribution in [-0.2, 0) is 9.53 Å². The molecule has 2 fully saturated rings. The van der Waals surface area contributed by atoms with Gasteiger partial charge in [0.05, 0.1) is 0 Å². The number of carbonyl (C=O) groups excluding carboxylic acids is 2. The molecular formula is C15H21N3O4. The molecule has 0 bridgehead atoms. The van der Waals surface area contributed by atoms with Crippen LogP contribution in [0.25, 0.3) is 0 Å². The molecule has 7 heteroatoms. The van der Waals surface area contributed by atoms with Gasteiger partial charge in [0.1, 0.15) is 11.8 Å². The number of hydrogen-bond acceptors (Lipinski definition) is 5. The summed E-state index contributed by atoms with van der Waals surface area (Å²) in [4.78, 5) is 26.4. The summed E-state index contributed by atoms with van der Waals surface area (Å²) in [6.45, 7) is 3.45. The Kier molecular flexibility index (Phi) is 3.90. The highest BCUT2D eigenvalue weighted by Crippen LogP contribution is 2.44. The van der Waals surface area contributed by atoms with Crippen molar-refractivity contribution in [3.63, 3.8) is 0 Å². The van der Waals surface area contributed by atoms with E-state index in [2.05, 4.69) is 5.16 Å². The van der Waals surface area contributed by atoms with Crippen molar-refractivity contribution >= 4 is 11.8 Å². The van der Waals surface area contributed by atoms with E-state index in [0.29, 0.717) is 25.5 Å². The highest BCUT2D eigenvalue weighted by Gasteiger charge is 2.50. The Morgan fingerprint density at radius 1 is 1.36 bits per heavy atom. The Morgan fingerprint density at radius 3 is 2.68 bits per heavy atom. The highest BCUT2D eigenvalue weighted by molar-refractivity contribution is 5.96. The van der Waals surface area contributed by atoms with Crippen LogP contribution >= 0.6 is 0 Å². The molecule has 2 aliphatic heterocycles. The molecule has 22 heavy (non-hydrogen) atoms. The lowest BCUT2D eigenvalue weighted by atomic mass is 9.67. The molecular weight excluding hydrogens is 286 g/mol. The van der Waals surface area contributed by atoms with E-state index < -0.39 is 11.9 Å². The smallest absolute Gasteiger partial charge is 0.276 e. The minimum atomic E-state index is -0.602. The number of carbonyl (C=O) groups is 2. The Labute approximate surface area is 128 Å². The van der Waals surface area contributed by atoms with Gasteiger partial charge in [0.2, 0.25) is 5.91 Å². The van der Waals surface area contributed by atoms with Crippen molar-refractivity contribution in [1.29, 1.82) is 0 Å². The standard InChI is InChI=1S/C15H21N3O4/c1-10-9-11(17-22-10)14(20)18-6-2-3-15(12(18)13(16)19)4-7-21-8-5-15/h9,12H,2-8H2,1H3,(H2,16,19). The van der Waals surface area contributed by atoms with Crippen LogP contribution in [0.5, 0.6) is 0 Å². The van der Waals surface area contributed by atoms with Crippen LogP contribution in [0.2, 0.25) is 0 Å². The summed E-state index contributed by atoms with van der Waals surface area (Å²) in [5.41, 5.74) is 5.63. The van der Waals surface area contributed by atoms with Gasteiger partial charge < -0.3 is 19.9 Å². The molecule has 2 saturated heterocycles. The minimum absolute atomic E-state index is 0.229. The molecule has 1 unspecified atom stereocenters. The summed E-state index contributed by atoms with van der Waals surface area (Å²) in [6, 6.07) is 0.987. The quantitative estimate of drug-likeness (QED) is 0.874. The van der Waals surface area contributed by atoms with Gasteiger partial charge in [-0.2, -0.15) is 0 Å². The SMILES string of the molecule is Cc1cc(C(=O)N2CCCC3(CCOCC3)C2C(N)=O)no1. The number of amides is 2. The summed E-state index contributed by atoms with van der Waals surface area (Å²) >= 11 is 0. The topological polar surface area (TPSA) is 98.7 Å². The number of aryl methyl sites for hydroxylation is 1. The fourth-order valence-electron chi connectivity index (χ4n) is 3.79. The van der Waals surface area contributed by atoms with Crippen molar-refractivity contribution < 1.29 is 18.8 Å². The monoisotopic (exact) mass is 307 g/mol. The number of nitrogens with two attached hydrogens (primary N) is 1. The fourth-order valence-corrected chi connectivity index (χ4v) is 3.79. The van der Waals surface area contributed by atoms with Gasteiger partial charge in [-0.3, -0.25) is 9.59 Å². The summed E-state index contributed by atoms with van der Waals surface area (Å²) in [5.74, 6) is -0.168. The lowest BCUT2D eigenvalue weighted by Crippen LogP contribution is -2.61. The van der Waals surface area contributed by atoms with E-state index in [9.17, 15) is 9.59 Å². The van der Waals surface area contributed by atoms with Crippen molar-refractivity contribution in [1.82, 2.24) is 10.1 Å². The van der Waals surface area contributed by atoms with Crippen LogP contribution in [-0.4, -0.2) is 47.7 Å². The summed E-state index contributed by atoms with van der Waals surface area (Å²) < 4.78 is 10.4. The molecule has 0 saturated carbocycles. The molecule has 2 N–H and O–H groups in total. The third-order valence-corrected chi connectivity index (χ3v) is 4.83. The van der Waals surface area contributed by atoms with E-state index >= 15 is 0 Å². The normalized spacial score (nSPS) is 24.4. The van der Waals surface area contributed by atoms with E-state index in [1.165, 1.54) is 0 Å². The first-order valence-electron chi connectivity index (χ1n) is 7.65. The number of aromatic nitrogens is 1. The van der Waals surface area contributed by atoms with E-state index in [-0.39, 0.29) is 17.0 Å². The number of nitrogens with zero attached hydrogens (tertiary/aromatic N) is 2. The van der Waals surface area contributed by atoms with E-state index in [0.717, 1.165) is 25.7 Å². The molecule has 2 amide bonds. The number of likely N-dealkylation sites (tertiary alicyclic amines) is 1. The summed E-state index contributed by atoms with van der Waals surface area (Å²) in [5, 5.41) is 3.78. The van der Waals surface area contributed by atoms with Crippen LogP contribution in [0.3, 0.4) is 0 Å². The molecule has 1 spiro atoms. The molecule has 0 aromatic carbocycles. The number of piperidine rings is 1. The maximum absolute atomic E-state index is 12.7. The second-order valence-electron chi connectivity index (χ2n) is 6.20. The summed E-state index contributed by atoms with van der Waals surface area (Å²) in [6.07, 6.45) is 3.25. The van der Waals surface area contributed by atoms with E-state index in [4.69, 9.17) is 15.0 Å². The van der Waals surface area contributed by atoms with Gasteiger partial charge >= 0.3 is 0 Å². The van der Waals surface area contributed by atoms with Gasteiger partial charge in [0, 0.05) is 31.2 Å². The Hall–Kier alpha value is -1.89. The lowest BCUT2D eigenvalue weighted by molar-refractivity contribution is -0.134. The van der Waals surface area contributed by atoms with Crippen LogP contribution in [0.1, 0.15) is 41.9 Å². The number of ether oxygens (including phenoxy) is 1. The minimum Gasteiger partial charge on any atom is -0.381 e. The second-order valence-corrected chi connectivity index (χ2v) is 6.20. The van der Waals surface area contributed by atoms with Crippen molar-refractivity contribution in [3.05, 3.63) is 17.5 Å². The van der Waals surface area contributed by atoms with Gasteiger partial charge in [0.15, 0.2) is 5.69 Å². The van der Waals surface area contributed by atoms with Crippen molar-refractivity contribution in [2.45, 2.75) is 38.6 Å². The third kappa shape index (κ3) is 2.49. The number of primary amides is 1. The average Bonchev–Trinajstić information content (AvgIpc) is 2.93. The molecule has 3 heterocycles. The van der Waals surface area contributed by atoms with Crippen LogP contribution < -0.4 is 5.73 Å². The van der Waals surface area contributed by atoms with Crippen molar-refractivity contribution in [2.75, 3.05) is 19.8 Å². The van der Waals surface area contributed by atoms with Gasteiger partial charge in [-0.05, 0) is 32.6 Å². The average molecular weight is 307 g/mol. The van der Waals surface area contributed by atoms with E-state index in [1.54, 1.807) is 17.9 Å². The zero-order chi connectivity index (χ0) is 15.7. The van der Waals surface area contributed by atoms with E-state index in [1.807, 2.05) is 0 Å². The zero-order valence-corrected chi connectivity index (χ0v) is 12.7.